The summed E-state index contributed by atoms with van der Waals surface area (Å²) in [5.74, 6) is -0.759. The number of nitrogens with one attached hydrogen (secondary N) is 1. The monoisotopic (exact) mass is 417 g/mol. The van der Waals surface area contributed by atoms with Crippen LogP contribution in [0.15, 0.2) is 59.8 Å². The fraction of sp³-hybridized carbons (Fsp3) is 0.158. The predicted octanol–water partition coefficient (Wildman–Crippen LogP) is 2.87. The Balaban J connectivity index is 1.69. The number of esters is 1. The van der Waals surface area contributed by atoms with Gasteiger partial charge in [-0.25, -0.2) is 8.42 Å². The summed E-state index contributed by atoms with van der Waals surface area (Å²) in [6.07, 6.45) is 3.48. The van der Waals surface area contributed by atoms with Crippen LogP contribution in [0, 0.1) is 11.3 Å². The molecule has 0 amide bonds. The number of benzene rings is 1. The lowest BCUT2D eigenvalue weighted by Crippen LogP contribution is -2.39. The minimum absolute atomic E-state index is 0.0508. The number of sulfonamides is 1. The van der Waals surface area contributed by atoms with Gasteiger partial charge >= 0.3 is 5.97 Å². The number of nitrogens with zero attached hydrogens (tertiary/aromatic N) is 2. The zero-order valence-electron chi connectivity index (χ0n) is 14.8. The number of aromatic nitrogens is 1. The van der Waals surface area contributed by atoms with Crippen molar-refractivity contribution in [3.05, 3.63) is 71.0 Å². The van der Waals surface area contributed by atoms with E-state index in [4.69, 9.17) is 16.3 Å². The highest BCUT2D eigenvalue weighted by Crippen LogP contribution is 2.19. The van der Waals surface area contributed by atoms with Gasteiger partial charge in [0, 0.05) is 23.0 Å². The molecule has 2 heterocycles. The van der Waals surface area contributed by atoms with Crippen LogP contribution in [0.2, 0.25) is 5.02 Å². The fourth-order valence-corrected chi connectivity index (χ4v) is 4.17. The maximum atomic E-state index is 12.4. The van der Waals surface area contributed by atoms with Crippen LogP contribution in [0.25, 0.3) is 5.52 Å². The number of carbonyl (C=O) groups is 1. The molecule has 144 valence electrons. The third kappa shape index (κ3) is 4.17. The molecule has 3 aromatic rings. The van der Waals surface area contributed by atoms with Gasteiger partial charge in [-0.1, -0.05) is 23.7 Å². The number of fused-ring (bicyclic) bond motifs is 1. The van der Waals surface area contributed by atoms with Crippen molar-refractivity contribution in [1.82, 2.24) is 9.12 Å². The first-order valence-corrected chi connectivity index (χ1v) is 10.1. The maximum Gasteiger partial charge on any atom is 0.324 e. The van der Waals surface area contributed by atoms with Gasteiger partial charge in [0.05, 0.1) is 16.0 Å². The Kier molecular flexibility index (Phi) is 5.70. The molecule has 0 bridgehead atoms. The second-order valence-corrected chi connectivity index (χ2v) is 8.19. The summed E-state index contributed by atoms with van der Waals surface area (Å²) in [7, 11) is -3.94. The van der Waals surface area contributed by atoms with E-state index >= 15 is 0 Å². The van der Waals surface area contributed by atoms with E-state index in [1.807, 2.05) is 6.07 Å². The maximum absolute atomic E-state index is 12.4. The molecule has 1 atom stereocenters. The van der Waals surface area contributed by atoms with Gasteiger partial charge in [0.1, 0.15) is 18.7 Å². The second-order valence-electron chi connectivity index (χ2n) is 6.04. The molecule has 0 aliphatic rings. The number of pyridine rings is 1. The van der Waals surface area contributed by atoms with Crippen molar-refractivity contribution in [2.75, 3.05) is 0 Å². The molecule has 0 spiro atoms. The Bertz CT molecular complexity index is 1180. The van der Waals surface area contributed by atoms with Crippen molar-refractivity contribution in [2.45, 2.75) is 24.5 Å². The van der Waals surface area contributed by atoms with Gasteiger partial charge in [0.25, 0.3) is 0 Å². The number of ether oxygens (including phenoxy) is 1. The molecule has 7 nitrogen and oxygen atoms in total. The molecule has 2 aromatic heterocycles. The zero-order valence-corrected chi connectivity index (χ0v) is 16.4. The second kappa shape index (κ2) is 8.02. The van der Waals surface area contributed by atoms with E-state index in [0.29, 0.717) is 16.6 Å². The van der Waals surface area contributed by atoms with E-state index < -0.39 is 22.0 Å². The Hall–Kier alpha value is -2.86. The van der Waals surface area contributed by atoms with Gasteiger partial charge in [-0.3, -0.25) is 4.79 Å². The van der Waals surface area contributed by atoms with E-state index in [1.165, 1.54) is 25.1 Å². The van der Waals surface area contributed by atoms with E-state index in [2.05, 4.69) is 10.8 Å². The van der Waals surface area contributed by atoms with Crippen LogP contribution >= 0.6 is 11.6 Å². The molecule has 1 unspecified atom stereocenters. The highest BCUT2D eigenvalue weighted by molar-refractivity contribution is 7.89. The molecular weight excluding hydrogens is 402 g/mol. The Morgan fingerprint density at radius 3 is 2.82 bits per heavy atom. The van der Waals surface area contributed by atoms with Gasteiger partial charge in [-0.15, -0.1) is 0 Å². The summed E-state index contributed by atoms with van der Waals surface area (Å²) < 4.78 is 34.0. The fourth-order valence-electron chi connectivity index (χ4n) is 2.67. The summed E-state index contributed by atoms with van der Waals surface area (Å²) in [6, 6.07) is 12.1. The third-order valence-electron chi connectivity index (χ3n) is 4.04. The first-order chi connectivity index (χ1) is 13.3. The smallest absolute Gasteiger partial charge is 0.324 e. The Morgan fingerprint density at radius 1 is 1.32 bits per heavy atom. The Morgan fingerprint density at radius 2 is 2.11 bits per heavy atom. The largest absolute Gasteiger partial charge is 0.460 e. The molecular formula is C19H16ClN3O4S. The number of halogens is 1. The van der Waals surface area contributed by atoms with Gasteiger partial charge < -0.3 is 9.14 Å². The third-order valence-corrected chi connectivity index (χ3v) is 5.81. The van der Waals surface area contributed by atoms with Crippen molar-refractivity contribution >= 4 is 33.1 Å². The summed E-state index contributed by atoms with van der Waals surface area (Å²) >= 11 is 5.82. The molecule has 0 saturated heterocycles. The van der Waals surface area contributed by atoms with Crippen molar-refractivity contribution in [3.63, 3.8) is 0 Å². The highest BCUT2D eigenvalue weighted by Gasteiger charge is 2.24. The van der Waals surface area contributed by atoms with Crippen LogP contribution in [0.3, 0.4) is 0 Å². The van der Waals surface area contributed by atoms with E-state index in [1.54, 1.807) is 35.0 Å². The van der Waals surface area contributed by atoms with Crippen molar-refractivity contribution < 1.29 is 17.9 Å². The van der Waals surface area contributed by atoms with Crippen molar-refractivity contribution in [3.8, 4) is 6.07 Å². The van der Waals surface area contributed by atoms with Crippen LogP contribution in [0.5, 0.6) is 0 Å². The molecule has 3 rings (SSSR count). The standard InChI is InChI=1S/C19H16ClN3O4S/c1-13(22-28(25,26)16-6-4-5-15(20)9-16)19(24)27-12-14-11-23-8-3-2-7-18(23)17(14)10-21/h2-9,11,13,22H,12H2,1H3. The minimum Gasteiger partial charge on any atom is -0.460 e. The van der Waals surface area contributed by atoms with Crippen LogP contribution in [0.4, 0.5) is 0 Å². The molecule has 0 saturated carbocycles. The molecule has 0 aliphatic heterocycles. The topological polar surface area (TPSA) is 101 Å². The SMILES string of the molecule is CC(NS(=O)(=O)c1cccc(Cl)c1)C(=O)OCc1cn2ccccc2c1C#N. The summed E-state index contributed by atoms with van der Waals surface area (Å²) in [5, 5.41) is 9.64. The van der Waals surface area contributed by atoms with Gasteiger partial charge in [0.15, 0.2) is 0 Å². The lowest BCUT2D eigenvalue weighted by molar-refractivity contribution is -0.146. The van der Waals surface area contributed by atoms with Crippen LogP contribution < -0.4 is 4.72 Å². The summed E-state index contributed by atoms with van der Waals surface area (Å²) in [6.45, 7) is 1.23. The average molecular weight is 418 g/mol. The first-order valence-electron chi connectivity index (χ1n) is 8.25. The number of carbonyl (C=O) groups excluding carboxylic acids is 1. The van der Waals surface area contributed by atoms with Crippen molar-refractivity contribution in [1.29, 1.82) is 5.26 Å². The molecule has 0 radical (unpaired) electrons. The van der Waals surface area contributed by atoms with Gasteiger partial charge in [-0.05, 0) is 37.3 Å². The Labute approximate surface area is 167 Å². The normalized spacial score (nSPS) is 12.5. The number of hydrogen-bond acceptors (Lipinski definition) is 5. The highest BCUT2D eigenvalue weighted by atomic mass is 35.5. The van der Waals surface area contributed by atoms with Gasteiger partial charge in [0.2, 0.25) is 10.0 Å². The van der Waals surface area contributed by atoms with Crippen LogP contribution in [0.1, 0.15) is 18.1 Å². The quantitative estimate of drug-likeness (QED) is 0.621. The molecule has 28 heavy (non-hydrogen) atoms. The first kappa shape index (κ1) is 19.9. The lowest BCUT2D eigenvalue weighted by Gasteiger charge is -2.13. The summed E-state index contributed by atoms with van der Waals surface area (Å²) in [5.41, 5.74) is 1.64. The predicted molar refractivity (Wildman–Crippen MR) is 103 cm³/mol. The minimum atomic E-state index is -3.94. The van der Waals surface area contributed by atoms with Crippen LogP contribution in [-0.4, -0.2) is 24.8 Å². The lowest BCUT2D eigenvalue weighted by atomic mass is 10.2. The number of hydrogen-bond donors (Lipinski definition) is 1. The number of nitriles is 1. The van der Waals surface area contributed by atoms with E-state index in [-0.39, 0.29) is 16.5 Å². The van der Waals surface area contributed by atoms with Gasteiger partial charge in [-0.2, -0.15) is 9.98 Å². The molecule has 1 N–H and O–H groups in total. The van der Waals surface area contributed by atoms with Crippen molar-refractivity contribution in [2.24, 2.45) is 0 Å². The summed E-state index contributed by atoms with van der Waals surface area (Å²) in [4.78, 5) is 12.2. The molecule has 0 aliphatic carbocycles. The zero-order chi connectivity index (χ0) is 20.3. The molecule has 9 heteroatoms. The number of rotatable bonds is 6. The van der Waals surface area contributed by atoms with E-state index in [0.717, 1.165) is 0 Å². The molecule has 1 aromatic carbocycles. The average Bonchev–Trinajstić information content (AvgIpc) is 3.03. The molecule has 0 fully saturated rings. The van der Waals surface area contributed by atoms with Crippen LogP contribution in [-0.2, 0) is 26.2 Å². The van der Waals surface area contributed by atoms with E-state index in [9.17, 15) is 18.5 Å².